The molecular formula is C33H37FN4O6S. The van der Waals surface area contributed by atoms with Gasteiger partial charge in [-0.15, -0.1) is 0 Å². The van der Waals surface area contributed by atoms with Gasteiger partial charge in [0.15, 0.2) is 5.13 Å². The topological polar surface area (TPSA) is 120 Å². The van der Waals surface area contributed by atoms with Gasteiger partial charge in [-0.05, 0) is 82.7 Å². The number of alkyl carbamates (subject to hydrolysis) is 1. The van der Waals surface area contributed by atoms with Crippen molar-refractivity contribution in [3.63, 3.8) is 0 Å². The lowest BCUT2D eigenvalue weighted by Crippen LogP contribution is -2.49. The normalized spacial score (nSPS) is 12.4. The number of halogens is 1. The Morgan fingerprint density at radius 2 is 1.60 bits per heavy atom. The Morgan fingerprint density at radius 3 is 2.24 bits per heavy atom. The summed E-state index contributed by atoms with van der Waals surface area (Å²) in [4.78, 5) is 48.8. The standard InChI is InChI=1S/C33H37FN4O6S/c1-32(2,3)43-30(40)37-25(14-20-8-10-21(11-9-20)28(39)42-7)19-38(31(41)44-33(4,5)6)29-36-18-26(45-29)22-12-13-23-17-35-27(34)16-24(23)15-22/h8-13,15-18,25H,14,19H2,1-7H3,(H,37,40)/t25-/m0/s1. The molecule has 10 nitrogen and oxygen atoms in total. The zero-order valence-corrected chi connectivity index (χ0v) is 27.2. The molecule has 0 bridgehead atoms. The molecule has 0 spiro atoms. The highest BCUT2D eigenvalue weighted by molar-refractivity contribution is 7.19. The lowest BCUT2D eigenvalue weighted by Gasteiger charge is -2.30. The van der Waals surface area contributed by atoms with E-state index in [9.17, 15) is 18.8 Å². The molecule has 4 rings (SSSR count). The number of pyridine rings is 1. The molecule has 2 aromatic carbocycles. The monoisotopic (exact) mass is 636 g/mol. The van der Waals surface area contributed by atoms with Gasteiger partial charge in [0.2, 0.25) is 5.95 Å². The summed E-state index contributed by atoms with van der Waals surface area (Å²) in [6.45, 7) is 10.6. The minimum Gasteiger partial charge on any atom is -0.465 e. The van der Waals surface area contributed by atoms with Crippen LogP contribution in [0.3, 0.4) is 0 Å². The second-order valence-electron chi connectivity index (χ2n) is 12.4. The molecule has 1 atom stereocenters. The van der Waals surface area contributed by atoms with Gasteiger partial charge in [-0.2, -0.15) is 4.39 Å². The van der Waals surface area contributed by atoms with Crippen molar-refractivity contribution in [3.8, 4) is 10.4 Å². The van der Waals surface area contributed by atoms with Gasteiger partial charge in [0.25, 0.3) is 0 Å². The number of anilines is 1. The lowest BCUT2D eigenvalue weighted by atomic mass is 10.0. The number of nitrogens with one attached hydrogen (secondary N) is 1. The third-order valence-electron chi connectivity index (χ3n) is 6.29. The maximum atomic E-state index is 13.8. The van der Waals surface area contributed by atoms with Crippen LogP contribution in [0.25, 0.3) is 21.2 Å². The van der Waals surface area contributed by atoms with E-state index in [1.807, 2.05) is 18.2 Å². The first-order chi connectivity index (χ1) is 21.1. The molecule has 238 valence electrons. The highest BCUT2D eigenvalue weighted by Crippen LogP contribution is 2.34. The summed E-state index contributed by atoms with van der Waals surface area (Å²) in [5.74, 6) is -1.04. The summed E-state index contributed by atoms with van der Waals surface area (Å²) in [5, 5.41) is 4.70. The van der Waals surface area contributed by atoms with E-state index in [2.05, 4.69) is 15.3 Å². The minimum atomic E-state index is -0.802. The van der Waals surface area contributed by atoms with Gasteiger partial charge in [0.1, 0.15) is 11.2 Å². The van der Waals surface area contributed by atoms with Crippen LogP contribution in [0.4, 0.5) is 19.1 Å². The van der Waals surface area contributed by atoms with Crippen molar-refractivity contribution in [2.75, 3.05) is 18.6 Å². The molecule has 0 fully saturated rings. The van der Waals surface area contributed by atoms with Crippen molar-refractivity contribution in [1.29, 1.82) is 0 Å². The molecule has 2 heterocycles. The quantitative estimate of drug-likeness (QED) is 0.123. The Kier molecular flexibility index (Phi) is 10.1. The molecule has 1 N–H and O–H groups in total. The molecule has 2 amide bonds. The van der Waals surface area contributed by atoms with E-state index in [4.69, 9.17) is 14.2 Å². The molecule has 0 aliphatic heterocycles. The zero-order chi connectivity index (χ0) is 32.9. The number of benzene rings is 2. The van der Waals surface area contributed by atoms with E-state index < -0.39 is 41.3 Å². The molecule has 2 aromatic heterocycles. The number of thiazole rings is 1. The Bertz CT molecular complexity index is 1680. The number of aromatic nitrogens is 2. The first-order valence-corrected chi connectivity index (χ1v) is 15.1. The number of ether oxygens (including phenoxy) is 3. The fourth-order valence-electron chi connectivity index (χ4n) is 4.37. The number of methoxy groups -OCH3 is 1. The lowest BCUT2D eigenvalue weighted by molar-refractivity contribution is 0.0486. The number of carbonyl (C=O) groups excluding carboxylic acids is 3. The molecule has 45 heavy (non-hydrogen) atoms. The molecule has 0 saturated carbocycles. The van der Waals surface area contributed by atoms with Gasteiger partial charge in [-0.25, -0.2) is 24.4 Å². The van der Waals surface area contributed by atoms with Crippen molar-refractivity contribution in [3.05, 3.63) is 78.0 Å². The maximum Gasteiger partial charge on any atom is 0.416 e. The first kappa shape index (κ1) is 33.3. The molecule has 0 aliphatic carbocycles. The fraction of sp³-hybridized carbons (Fsp3) is 0.364. The van der Waals surface area contributed by atoms with Crippen molar-refractivity contribution >= 4 is 45.4 Å². The SMILES string of the molecule is COC(=O)c1ccc(C[C@@H](CN(C(=O)OC(C)(C)C)c2ncc(-c3ccc4cnc(F)cc4c3)s2)NC(=O)OC(C)(C)C)cc1. The van der Waals surface area contributed by atoms with E-state index in [0.29, 0.717) is 22.5 Å². The van der Waals surface area contributed by atoms with Crippen molar-refractivity contribution in [2.24, 2.45) is 0 Å². The minimum absolute atomic E-state index is 0.00549. The van der Waals surface area contributed by atoms with Crippen molar-refractivity contribution in [2.45, 2.75) is 65.2 Å². The van der Waals surface area contributed by atoms with E-state index >= 15 is 0 Å². The van der Waals surface area contributed by atoms with Gasteiger partial charge in [-0.1, -0.05) is 35.6 Å². The summed E-state index contributed by atoms with van der Waals surface area (Å²) in [7, 11) is 1.31. The molecular weight excluding hydrogens is 599 g/mol. The maximum absolute atomic E-state index is 13.8. The Morgan fingerprint density at radius 1 is 0.911 bits per heavy atom. The van der Waals surface area contributed by atoms with Gasteiger partial charge in [0, 0.05) is 23.8 Å². The predicted molar refractivity (Wildman–Crippen MR) is 171 cm³/mol. The van der Waals surface area contributed by atoms with E-state index in [-0.39, 0.29) is 6.54 Å². The third kappa shape index (κ3) is 9.45. The van der Waals surface area contributed by atoms with Gasteiger partial charge in [0.05, 0.1) is 30.1 Å². The second-order valence-corrected chi connectivity index (χ2v) is 13.4. The number of fused-ring (bicyclic) bond motifs is 1. The van der Waals surface area contributed by atoms with E-state index in [0.717, 1.165) is 21.4 Å². The van der Waals surface area contributed by atoms with E-state index in [1.165, 1.54) is 35.6 Å². The van der Waals surface area contributed by atoms with Crippen molar-refractivity contribution in [1.82, 2.24) is 15.3 Å². The summed E-state index contributed by atoms with van der Waals surface area (Å²) in [6, 6.07) is 13.1. The zero-order valence-electron chi connectivity index (χ0n) is 26.3. The molecule has 4 aromatic rings. The van der Waals surface area contributed by atoms with Crippen LogP contribution >= 0.6 is 11.3 Å². The number of esters is 1. The van der Waals surface area contributed by atoms with Crippen LogP contribution in [0, 0.1) is 5.95 Å². The molecule has 12 heteroatoms. The summed E-state index contributed by atoms with van der Waals surface area (Å²) >= 11 is 1.26. The first-order valence-electron chi connectivity index (χ1n) is 14.3. The summed E-state index contributed by atoms with van der Waals surface area (Å²) in [6.07, 6.45) is 2.10. The van der Waals surface area contributed by atoms with Crippen LogP contribution in [0.1, 0.15) is 57.5 Å². The van der Waals surface area contributed by atoms with Crippen LogP contribution in [0.15, 0.2) is 60.9 Å². The van der Waals surface area contributed by atoms with Crippen LogP contribution in [0.2, 0.25) is 0 Å². The number of amides is 2. The summed E-state index contributed by atoms with van der Waals surface area (Å²) < 4.78 is 29.8. The number of nitrogens with zero attached hydrogens (tertiary/aromatic N) is 3. The van der Waals surface area contributed by atoms with Crippen molar-refractivity contribution < 1.29 is 33.0 Å². The number of hydrogen-bond acceptors (Lipinski definition) is 9. The van der Waals surface area contributed by atoms with Crippen LogP contribution in [-0.2, 0) is 20.6 Å². The van der Waals surface area contributed by atoms with Crippen LogP contribution < -0.4 is 10.2 Å². The number of hydrogen-bond donors (Lipinski definition) is 1. The van der Waals surface area contributed by atoms with Gasteiger partial charge < -0.3 is 19.5 Å². The van der Waals surface area contributed by atoms with Crippen LogP contribution in [-0.4, -0.2) is 59.0 Å². The fourth-order valence-corrected chi connectivity index (χ4v) is 5.28. The third-order valence-corrected chi connectivity index (χ3v) is 7.36. The highest BCUT2D eigenvalue weighted by Gasteiger charge is 2.30. The molecule has 0 saturated heterocycles. The van der Waals surface area contributed by atoms with Gasteiger partial charge >= 0.3 is 18.2 Å². The molecule has 0 radical (unpaired) electrons. The summed E-state index contributed by atoms with van der Waals surface area (Å²) in [5.41, 5.74) is 0.422. The van der Waals surface area contributed by atoms with E-state index in [1.54, 1.807) is 72.0 Å². The Balaban J connectivity index is 1.67. The number of rotatable bonds is 8. The molecule has 0 aliphatic rings. The highest BCUT2D eigenvalue weighted by atomic mass is 32.1. The average Bonchev–Trinajstić information content (AvgIpc) is 3.43. The largest absolute Gasteiger partial charge is 0.465 e. The van der Waals surface area contributed by atoms with Gasteiger partial charge in [-0.3, -0.25) is 4.90 Å². The second kappa shape index (κ2) is 13.6. The Labute approximate surface area is 265 Å². The number of carbonyl (C=O) groups is 3. The smallest absolute Gasteiger partial charge is 0.416 e. The predicted octanol–water partition coefficient (Wildman–Crippen LogP) is 7.16. The molecule has 0 unspecified atom stereocenters. The average molecular weight is 637 g/mol. The van der Waals surface area contributed by atoms with Crippen LogP contribution in [0.5, 0.6) is 0 Å². The Hall–Kier alpha value is -4.58.